The predicted molar refractivity (Wildman–Crippen MR) is 183 cm³/mol. The van der Waals surface area contributed by atoms with E-state index in [-0.39, 0.29) is 24.1 Å². The molecule has 2 aromatic heterocycles. The summed E-state index contributed by atoms with van der Waals surface area (Å²) in [7, 11) is 5.07. The fourth-order valence-electron chi connectivity index (χ4n) is 7.22. The Hall–Kier alpha value is -4.49. The molecule has 0 saturated carbocycles. The number of nitrogens with two attached hydrogens (primary N) is 1. The molecule has 12 nitrogen and oxygen atoms in total. The summed E-state index contributed by atoms with van der Waals surface area (Å²) in [4.78, 5) is 31.4. The van der Waals surface area contributed by atoms with Gasteiger partial charge in [-0.2, -0.15) is 10.1 Å². The molecular formula is C35H44FN9O3. The molecule has 2 aromatic carbocycles. The van der Waals surface area contributed by atoms with Crippen molar-refractivity contribution in [3.63, 3.8) is 0 Å². The highest BCUT2D eigenvalue weighted by Gasteiger charge is 2.38. The molecule has 1 amide bonds. The van der Waals surface area contributed by atoms with Crippen molar-refractivity contribution in [3.05, 3.63) is 64.4 Å². The summed E-state index contributed by atoms with van der Waals surface area (Å²) in [6.07, 6.45) is 2.14. The van der Waals surface area contributed by atoms with E-state index in [0.717, 1.165) is 58.7 Å². The Balaban J connectivity index is 1.29. The molecule has 7 rings (SSSR count). The Kier molecular flexibility index (Phi) is 8.36. The van der Waals surface area contributed by atoms with Crippen LogP contribution in [-0.4, -0.2) is 90.3 Å². The van der Waals surface area contributed by atoms with E-state index in [1.54, 1.807) is 26.1 Å². The smallest absolute Gasteiger partial charge is 0.273 e. The van der Waals surface area contributed by atoms with Crippen LogP contribution in [0.25, 0.3) is 10.8 Å². The third-order valence-corrected chi connectivity index (χ3v) is 9.52. The molecule has 0 bridgehead atoms. The second kappa shape index (κ2) is 12.5. The normalized spacial score (nSPS) is 17.1. The number of nitrogens with zero attached hydrogens (tertiary/aromatic N) is 8. The number of halogens is 1. The number of aryl methyl sites for hydroxylation is 2. The Morgan fingerprint density at radius 1 is 1.06 bits per heavy atom. The van der Waals surface area contributed by atoms with Crippen molar-refractivity contribution in [3.8, 4) is 5.75 Å². The van der Waals surface area contributed by atoms with Gasteiger partial charge >= 0.3 is 0 Å². The zero-order chi connectivity index (χ0) is 33.7. The van der Waals surface area contributed by atoms with Crippen LogP contribution in [0, 0.1) is 5.82 Å². The quantitative estimate of drug-likeness (QED) is 0.281. The molecule has 3 aliphatic heterocycles. The van der Waals surface area contributed by atoms with Crippen LogP contribution in [-0.2, 0) is 37.2 Å². The minimum absolute atomic E-state index is 0.109. The third-order valence-electron chi connectivity index (χ3n) is 9.52. The number of carbonyl (C=O) groups is 1. The van der Waals surface area contributed by atoms with E-state index in [9.17, 15) is 4.79 Å². The number of hydrogen-bond donors (Lipinski definition) is 1. The van der Waals surface area contributed by atoms with Crippen molar-refractivity contribution in [1.82, 2.24) is 24.6 Å². The Bertz CT molecular complexity index is 1870. The lowest BCUT2D eigenvalue weighted by atomic mass is 9.94. The maximum atomic E-state index is 15.2. The third kappa shape index (κ3) is 5.89. The lowest BCUT2D eigenvalue weighted by Gasteiger charge is -2.46. The lowest BCUT2D eigenvalue weighted by molar-refractivity contribution is 0.0512. The van der Waals surface area contributed by atoms with Crippen molar-refractivity contribution >= 4 is 34.1 Å². The number of aromatic nitrogens is 4. The number of amides is 1. The number of anilines is 3. The van der Waals surface area contributed by atoms with Gasteiger partial charge in [0.1, 0.15) is 17.4 Å². The molecule has 0 atom stereocenters. The number of benzene rings is 2. The van der Waals surface area contributed by atoms with E-state index in [2.05, 4.69) is 19.8 Å². The van der Waals surface area contributed by atoms with Crippen molar-refractivity contribution in [2.45, 2.75) is 58.3 Å². The number of methoxy groups -OCH3 is 1. The van der Waals surface area contributed by atoms with Gasteiger partial charge in [0.2, 0.25) is 5.95 Å². The van der Waals surface area contributed by atoms with E-state index < -0.39 is 0 Å². The topological polar surface area (TPSA) is 118 Å². The first kappa shape index (κ1) is 32.1. The van der Waals surface area contributed by atoms with Gasteiger partial charge in [0.15, 0.2) is 12.5 Å². The minimum Gasteiger partial charge on any atom is -0.467 e. The second-order valence-corrected chi connectivity index (χ2v) is 13.6. The highest BCUT2D eigenvalue weighted by atomic mass is 19.1. The zero-order valence-electron chi connectivity index (χ0n) is 28.4. The summed E-state index contributed by atoms with van der Waals surface area (Å²) < 4.78 is 28.3. The molecule has 5 heterocycles. The van der Waals surface area contributed by atoms with E-state index >= 15 is 4.39 Å². The van der Waals surface area contributed by atoms with Crippen molar-refractivity contribution in [2.24, 2.45) is 5.73 Å². The van der Waals surface area contributed by atoms with Crippen LogP contribution in [0.3, 0.4) is 0 Å². The fraction of sp³-hybridized carbons (Fsp3) is 0.486. The Labute approximate surface area is 280 Å². The molecule has 48 heavy (non-hydrogen) atoms. The van der Waals surface area contributed by atoms with E-state index in [1.807, 2.05) is 42.8 Å². The Morgan fingerprint density at radius 3 is 2.60 bits per heavy atom. The van der Waals surface area contributed by atoms with Gasteiger partial charge in [0, 0.05) is 82.2 Å². The van der Waals surface area contributed by atoms with Crippen LogP contribution < -0.4 is 25.2 Å². The van der Waals surface area contributed by atoms with Crippen LogP contribution in [0.4, 0.5) is 21.8 Å². The average molecular weight is 658 g/mol. The number of hydrogen-bond acceptors (Lipinski definition) is 10. The summed E-state index contributed by atoms with van der Waals surface area (Å²) in [5.41, 5.74) is 11.2. The maximum Gasteiger partial charge on any atom is 0.273 e. The summed E-state index contributed by atoms with van der Waals surface area (Å²) in [5.74, 6) is 1.93. The van der Waals surface area contributed by atoms with Gasteiger partial charge in [-0.25, -0.2) is 9.37 Å². The van der Waals surface area contributed by atoms with Gasteiger partial charge in [-0.15, -0.1) is 0 Å². The van der Waals surface area contributed by atoms with E-state index in [0.29, 0.717) is 68.5 Å². The number of ether oxygens (including phenoxy) is 2. The predicted octanol–water partition coefficient (Wildman–Crippen LogP) is 3.72. The SMILES string of the molecule is CCc1c(F)ccc2cc(OCOC)cc(N3CCc4c(nc(N5CC(C)(N)C5)nc4N4CCCn5nc(C(=O)N(C)C)cc5C4)C3)c12. The molecule has 254 valence electrons. The molecule has 3 aliphatic rings. The molecule has 2 N–H and O–H groups in total. The van der Waals surface area contributed by atoms with Gasteiger partial charge in [-0.1, -0.05) is 13.0 Å². The van der Waals surface area contributed by atoms with E-state index in [4.69, 9.17) is 25.2 Å². The molecule has 0 aliphatic carbocycles. The van der Waals surface area contributed by atoms with Crippen LogP contribution in [0.15, 0.2) is 30.3 Å². The first-order valence-corrected chi connectivity index (χ1v) is 16.6. The Morgan fingerprint density at radius 2 is 1.88 bits per heavy atom. The number of rotatable bonds is 8. The van der Waals surface area contributed by atoms with Crippen LogP contribution in [0.1, 0.15) is 53.3 Å². The van der Waals surface area contributed by atoms with Crippen LogP contribution >= 0.6 is 0 Å². The van der Waals surface area contributed by atoms with Crippen molar-refractivity contribution in [2.75, 3.05) is 68.9 Å². The highest BCUT2D eigenvalue weighted by molar-refractivity contribution is 5.98. The van der Waals surface area contributed by atoms with Gasteiger partial charge in [0.25, 0.3) is 5.91 Å². The molecule has 13 heteroatoms. The fourth-order valence-corrected chi connectivity index (χ4v) is 7.22. The summed E-state index contributed by atoms with van der Waals surface area (Å²) >= 11 is 0. The minimum atomic E-state index is -0.294. The molecule has 1 fully saturated rings. The van der Waals surface area contributed by atoms with Crippen LogP contribution in [0.5, 0.6) is 5.75 Å². The lowest BCUT2D eigenvalue weighted by Crippen LogP contribution is -2.66. The molecular weight excluding hydrogens is 613 g/mol. The van der Waals surface area contributed by atoms with Gasteiger partial charge in [-0.3, -0.25) is 9.48 Å². The van der Waals surface area contributed by atoms with E-state index in [1.165, 1.54) is 6.07 Å². The van der Waals surface area contributed by atoms with Gasteiger partial charge in [-0.05, 0) is 55.3 Å². The molecule has 0 unspecified atom stereocenters. The first-order valence-electron chi connectivity index (χ1n) is 16.6. The zero-order valence-corrected chi connectivity index (χ0v) is 28.4. The van der Waals surface area contributed by atoms with Crippen molar-refractivity contribution < 1.29 is 18.7 Å². The maximum absolute atomic E-state index is 15.2. The average Bonchev–Trinajstić information content (AvgIpc) is 3.35. The van der Waals surface area contributed by atoms with Crippen molar-refractivity contribution in [1.29, 1.82) is 0 Å². The summed E-state index contributed by atoms with van der Waals surface area (Å²) in [5, 5.41) is 6.45. The summed E-state index contributed by atoms with van der Waals surface area (Å²) in [6.45, 7) is 8.81. The molecule has 1 saturated heterocycles. The summed E-state index contributed by atoms with van der Waals surface area (Å²) in [6, 6.07) is 9.19. The first-order chi connectivity index (χ1) is 23.0. The molecule has 4 aromatic rings. The van der Waals surface area contributed by atoms with Crippen LogP contribution in [0.2, 0.25) is 0 Å². The molecule has 0 radical (unpaired) electrons. The standard InChI is InChI=1S/C35H44FN9O3/c1-6-25-27(36)9-8-22-14-24(48-21-47-5)16-30(31(22)25)42-13-10-26-29(18-42)38-34(44-19-35(2,37)20-44)39-32(26)43-11-7-12-45-23(17-43)15-28(40-45)33(46)41(3)4/h8-9,14-16H,6-7,10-13,17-21,37H2,1-5H3. The monoisotopic (exact) mass is 657 g/mol. The number of carbonyl (C=O) groups excluding carboxylic acids is 1. The van der Waals surface area contributed by atoms with Gasteiger partial charge < -0.3 is 34.8 Å². The largest absolute Gasteiger partial charge is 0.467 e. The molecule has 0 spiro atoms. The highest BCUT2D eigenvalue weighted by Crippen LogP contribution is 2.40. The number of fused-ring (bicyclic) bond motifs is 3. The second-order valence-electron chi connectivity index (χ2n) is 13.6. The van der Waals surface area contributed by atoms with Gasteiger partial charge in [0.05, 0.1) is 24.5 Å².